The van der Waals surface area contributed by atoms with E-state index in [0.717, 1.165) is 17.9 Å². The lowest BCUT2D eigenvalue weighted by Gasteiger charge is -2.37. The van der Waals surface area contributed by atoms with Crippen LogP contribution in [0.4, 0.5) is 4.39 Å². The third-order valence-corrected chi connectivity index (χ3v) is 4.78. The second kappa shape index (κ2) is 7.32. The molecule has 24 heavy (non-hydrogen) atoms. The standard InChI is InChI=1S/C18H18BrFN2O2/c1-24-17-5-3-2-4-13(17)16-11-21-8-9-22(16)18(23)12-6-7-15(20)14(19)10-12/h2-7,10,16,21H,8-9,11H2,1H3. The molecule has 0 aromatic heterocycles. The van der Waals surface area contributed by atoms with Crippen molar-refractivity contribution < 1.29 is 13.9 Å². The molecule has 1 heterocycles. The van der Waals surface area contributed by atoms with Crippen LogP contribution in [-0.2, 0) is 0 Å². The number of hydrogen-bond acceptors (Lipinski definition) is 3. The van der Waals surface area contributed by atoms with Crippen molar-refractivity contribution >= 4 is 21.8 Å². The molecule has 0 bridgehead atoms. The molecule has 0 saturated carbocycles. The Balaban J connectivity index is 1.94. The fraction of sp³-hybridized carbons (Fsp3) is 0.278. The van der Waals surface area contributed by atoms with Gasteiger partial charge in [-0.05, 0) is 40.2 Å². The maximum atomic E-state index is 13.4. The van der Waals surface area contributed by atoms with Crippen LogP contribution in [0.5, 0.6) is 5.75 Å². The Morgan fingerprint density at radius 3 is 2.88 bits per heavy atom. The lowest BCUT2D eigenvalue weighted by atomic mass is 10.0. The third-order valence-electron chi connectivity index (χ3n) is 4.17. The highest BCUT2D eigenvalue weighted by Gasteiger charge is 2.30. The SMILES string of the molecule is COc1ccccc1C1CNCCN1C(=O)c1ccc(F)c(Br)c1. The molecular weight excluding hydrogens is 375 g/mol. The van der Waals surface area contributed by atoms with Crippen LogP contribution in [-0.4, -0.2) is 37.6 Å². The summed E-state index contributed by atoms with van der Waals surface area (Å²) >= 11 is 3.14. The number of nitrogens with zero attached hydrogens (tertiary/aromatic N) is 1. The van der Waals surface area contributed by atoms with Crippen molar-refractivity contribution in [2.75, 3.05) is 26.7 Å². The van der Waals surface area contributed by atoms with Gasteiger partial charge in [-0.3, -0.25) is 4.79 Å². The van der Waals surface area contributed by atoms with Gasteiger partial charge in [-0.15, -0.1) is 0 Å². The lowest BCUT2D eigenvalue weighted by molar-refractivity contribution is 0.0631. The molecule has 1 aliphatic heterocycles. The Morgan fingerprint density at radius 2 is 2.12 bits per heavy atom. The summed E-state index contributed by atoms with van der Waals surface area (Å²) < 4.78 is 19.2. The third kappa shape index (κ3) is 3.30. The smallest absolute Gasteiger partial charge is 0.254 e. The molecule has 1 N–H and O–H groups in total. The second-order valence-electron chi connectivity index (χ2n) is 5.59. The van der Waals surface area contributed by atoms with Crippen molar-refractivity contribution in [1.82, 2.24) is 10.2 Å². The number of hydrogen-bond donors (Lipinski definition) is 1. The summed E-state index contributed by atoms with van der Waals surface area (Å²) in [6, 6.07) is 11.9. The molecule has 2 aromatic rings. The highest BCUT2D eigenvalue weighted by Crippen LogP contribution is 2.31. The molecule has 3 rings (SSSR count). The molecule has 0 aliphatic carbocycles. The largest absolute Gasteiger partial charge is 0.496 e. The molecule has 1 fully saturated rings. The zero-order chi connectivity index (χ0) is 17.1. The summed E-state index contributed by atoms with van der Waals surface area (Å²) in [5.74, 6) is 0.255. The number of rotatable bonds is 3. The average molecular weight is 393 g/mol. The van der Waals surface area contributed by atoms with Gasteiger partial charge < -0.3 is 15.0 Å². The van der Waals surface area contributed by atoms with Gasteiger partial charge in [0.25, 0.3) is 5.91 Å². The van der Waals surface area contributed by atoms with Gasteiger partial charge in [-0.25, -0.2) is 4.39 Å². The zero-order valence-corrected chi connectivity index (χ0v) is 14.8. The van der Waals surface area contributed by atoms with Crippen LogP contribution in [0.1, 0.15) is 22.0 Å². The fourth-order valence-electron chi connectivity index (χ4n) is 2.96. The van der Waals surface area contributed by atoms with E-state index in [1.807, 2.05) is 29.2 Å². The Kier molecular flexibility index (Phi) is 5.16. The molecule has 1 unspecified atom stereocenters. The van der Waals surface area contributed by atoms with Gasteiger partial charge in [0.15, 0.2) is 0 Å². The van der Waals surface area contributed by atoms with Crippen molar-refractivity contribution in [1.29, 1.82) is 0 Å². The number of halogens is 2. The van der Waals surface area contributed by atoms with E-state index in [1.54, 1.807) is 7.11 Å². The van der Waals surface area contributed by atoms with E-state index >= 15 is 0 Å². The number of amides is 1. The van der Waals surface area contributed by atoms with E-state index in [-0.39, 0.29) is 22.2 Å². The lowest BCUT2D eigenvalue weighted by Crippen LogP contribution is -2.48. The van der Waals surface area contributed by atoms with Gasteiger partial charge >= 0.3 is 0 Å². The van der Waals surface area contributed by atoms with Crippen LogP contribution >= 0.6 is 15.9 Å². The van der Waals surface area contributed by atoms with Gasteiger partial charge in [0.05, 0.1) is 17.6 Å². The first kappa shape index (κ1) is 16.9. The summed E-state index contributed by atoms with van der Waals surface area (Å²) in [5, 5.41) is 3.32. The number of benzene rings is 2. The molecule has 1 saturated heterocycles. The predicted octanol–water partition coefficient (Wildman–Crippen LogP) is 3.38. The van der Waals surface area contributed by atoms with Gasteiger partial charge in [0.2, 0.25) is 0 Å². The Hall–Kier alpha value is -1.92. The summed E-state index contributed by atoms with van der Waals surface area (Å²) in [5.41, 5.74) is 1.42. The Morgan fingerprint density at radius 1 is 1.33 bits per heavy atom. The maximum absolute atomic E-state index is 13.4. The minimum Gasteiger partial charge on any atom is -0.496 e. The Labute approximate surface area is 148 Å². The number of methoxy groups -OCH3 is 1. The first-order chi connectivity index (χ1) is 11.6. The van der Waals surface area contributed by atoms with Crippen LogP contribution in [0.25, 0.3) is 0 Å². The molecule has 0 radical (unpaired) electrons. The fourth-order valence-corrected chi connectivity index (χ4v) is 3.34. The molecule has 1 aliphatic rings. The van der Waals surface area contributed by atoms with Crippen molar-refractivity contribution in [2.45, 2.75) is 6.04 Å². The van der Waals surface area contributed by atoms with Gasteiger partial charge in [0.1, 0.15) is 11.6 Å². The van der Waals surface area contributed by atoms with E-state index in [1.165, 1.54) is 18.2 Å². The van der Waals surface area contributed by atoms with Gasteiger partial charge in [0, 0.05) is 30.8 Å². The van der Waals surface area contributed by atoms with Crippen molar-refractivity contribution in [3.63, 3.8) is 0 Å². The van der Waals surface area contributed by atoms with Crippen LogP contribution in [0.2, 0.25) is 0 Å². The predicted molar refractivity (Wildman–Crippen MR) is 93.7 cm³/mol. The summed E-state index contributed by atoms with van der Waals surface area (Å²) in [6.07, 6.45) is 0. The van der Waals surface area contributed by atoms with Crippen molar-refractivity contribution in [2.24, 2.45) is 0 Å². The molecule has 126 valence electrons. The molecule has 1 atom stereocenters. The van der Waals surface area contributed by atoms with Gasteiger partial charge in [-0.1, -0.05) is 18.2 Å². The maximum Gasteiger partial charge on any atom is 0.254 e. The first-order valence-electron chi connectivity index (χ1n) is 7.71. The number of para-hydroxylation sites is 1. The average Bonchev–Trinajstić information content (AvgIpc) is 2.63. The monoisotopic (exact) mass is 392 g/mol. The topological polar surface area (TPSA) is 41.6 Å². The molecular formula is C18H18BrFN2O2. The first-order valence-corrected chi connectivity index (χ1v) is 8.50. The minimum absolute atomic E-state index is 0.117. The molecule has 4 nitrogen and oxygen atoms in total. The second-order valence-corrected chi connectivity index (χ2v) is 6.44. The number of carbonyl (C=O) groups excluding carboxylic acids is 1. The quantitative estimate of drug-likeness (QED) is 0.870. The normalized spacial score (nSPS) is 17.6. The summed E-state index contributed by atoms with van der Waals surface area (Å²) in [4.78, 5) is 14.8. The number of piperazine rings is 1. The molecule has 2 aromatic carbocycles. The highest BCUT2D eigenvalue weighted by atomic mass is 79.9. The zero-order valence-electron chi connectivity index (χ0n) is 13.3. The molecule has 1 amide bonds. The number of carbonyl (C=O) groups is 1. The van der Waals surface area contributed by atoms with Crippen LogP contribution in [0.3, 0.4) is 0 Å². The van der Waals surface area contributed by atoms with Crippen LogP contribution in [0, 0.1) is 5.82 Å². The van der Waals surface area contributed by atoms with Crippen molar-refractivity contribution in [3.05, 3.63) is 63.9 Å². The van der Waals surface area contributed by atoms with E-state index in [2.05, 4.69) is 21.2 Å². The molecule has 6 heteroatoms. The number of nitrogens with one attached hydrogen (secondary N) is 1. The van der Waals surface area contributed by atoms with E-state index in [9.17, 15) is 9.18 Å². The highest BCUT2D eigenvalue weighted by molar-refractivity contribution is 9.10. The van der Waals surface area contributed by atoms with Crippen molar-refractivity contribution in [3.8, 4) is 5.75 Å². The summed E-state index contributed by atoms with van der Waals surface area (Å²) in [6.45, 7) is 1.95. The van der Waals surface area contributed by atoms with E-state index in [4.69, 9.17) is 4.74 Å². The van der Waals surface area contributed by atoms with E-state index < -0.39 is 0 Å². The van der Waals surface area contributed by atoms with Gasteiger partial charge in [-0.2, -0.15) is 0 Å². The molecule has 0 spiro atoms. The van der Waals surface area contributed by atoms with Crippen LogP contribution in [0.15, 0.2) is 46.9 Å². The minimum atomic E-state index is -0.381. The Bertz CT molecular complexity index is 754. The van der Waals surface area contributed by atoms with E-state index in [0.29, 0.717) is 18.7 Å². The van der Waals surface area contributed by atoms with Crippen LogP contribution < -0.4 is 10.1 Å². The number of ether oxygens (including phenoxy) is 1. The summed E-state index contributed by atoms with van der Waals surface area (Å²) in [7, 11) is 1.62.